The molecule has 0 heterocycles. The van der Waals surface area contributed by atoms with Crippen LogP contribution in [0.1, 0.15) is 296 Å². The average Bonchev–Trinajstić information content (AvgIpc) is 3.44. The molecule has 0 amide bonds. The van der Waals surface area contributed by atoms with Crippen molar-refractivity contribution in [3.8, 4) is 0 Å². The van der Waals surface area contributed by atoms with Crippen molar-refractivity contribution >= 4 is 19.8 Å². The van der Waals surface area contributed by atoms with Crippen molar-refractivity contribution in [1.29, 1.82) is 0 Å². The molecule has 0 fully saturated rings. The van der Waals surface area contributed by atoms with Gasteiger partial charge >= 0.3 is 19.8 Å². The van der Waals surface area contributed by atoms with Crippen molar-refractivity contribution in [1.82, 2.24) is 0 Å². The van der Waals surface area contributed by atoms with Crippen LogP contribution in [0.25, 0.3) is 0 Å². The van der Waals surface area contributed by atoms with Crippen LogP contribution in [0.2, 0.25) is 0 Å². The Labute approximate surface area is 486 Å². The fourth-order valence-corrected chi connectivity index (χ4v) is 9.97. The standard InChI is InChI=1S/C69H122NO8P/c1-3-5-7-9-11-13-15-17-19-21-23-25-27-29-31-33-35-37-39-41-43-45-47-49-51-53-55-57-59-61-68(71)75-65-67(66-77-79(73,74)76-64-63-70)78-69(72)62-60-58-56-54-52-50-48-46-44-42-40-38-36-34-32-30-28-26-24-22-20-18-16-14-12-10-8-6-4-2/h5-8,11-14,17-20,23-26,67H,3-4,9-10,15-16,21-22,27-66,70H2,1-2H3,(H,73,74)/b7-5-,8-6-,13-11-,14-12-,19-17-,20-18-,25-23-,26-24-. The molecule has 0 spiro atoms. The van der Waals surface area contributed by atoms with Gasteiger partial charge in [0.1, 0.15) is 6.61 Å². The van der Waals surface area contributed by atoms with Gasteiger partial charge in [0, 0.05) is 19.4 Å². The molecule has 79 heavy (non-hydrogen) atoms. The lowest BCUT2D eigenvalue weighted by molar-refractivity contribution is -0.161. The quantitative estimate of drug-likeness (QED) is 0.0264. The molecule has 9 nitrogen and oxygen atoms in total. The Kier molecular flexibility index (Phi) is 61.6. The predicted molar refractivity (Wildman–Crippen MR) is 339 cm³/mol. The second kappa shape index (κ2) is 64.1. The Morgan fingerprint density at radius 2 is 0.658 bits per heavy atom. The summed E-state index contributed by atoms with van der Waals surface area (Å²) in [5.41, 5.74) is 5.40. The fourth-order valence-electron chi connectivity index (χ4n) is 9.21. The highest BCUT2D eigenvalue weighted by molar-refractivity contribution is 7.47. The van der Waals surface area contributed by atoms with Gasteiger partial charge in [0.25, 0.3) is 0 Å². The third-order valence-electron chi connectivity index (χ3n) is 14.0. The first-order valence-electron chi connectivity index (χ1n) is 32.7. The molecule has 0 aliphatic rings. The first-order chi connectivity index (χ1) is 38.8. The summed E-state index contributed by atoms with van der Waals surface area (Å²) in [5, 5.41) is 0. The van der Waals surface area contributed by atoms with Crippen molar-refractivity contribution in [2.24, 2.45) is 5.73 Å². The normalized spacial score (nSPS) is 13.6. The molecular weight excluding hydrogens is 1000 g/mol. The van der Waals surface area contributed by atoms with E-state index in [1.54, 1.807) is 0 Å². The molecule has 0 saturated heterocycles. The zero-order valence-corrected chi connectivity index (χ0v) is 52.0. The molecule has 0 aliphatic heterocycles. The van der Waals surface area contributed by atoms with E-state index in [1.165, 1.54) is 173 Å². The second-order valence-corrected chi connectivity index (χ2v) is 23.0. The van der Waals surface area contributed by atoms with Crippen LogP contribution in [0.15, 0.2) is 97.2 Å². The SMILES string of the molecule is CC/C=C\C/C=C\C/C=C\C/C=C\CCCCCCCCCCCCCCCCCCC(=O)OCC(COP(=O)(O)OCCN)OC(=O)CCCCCCCCCCCCCCCCCC/C=C\C/C=C\C/C=C\C/C=C\CC. The summed E-state index contributed by atoms with van der Waals surface area (Å²) in [6, 6.07) is 0. The highest BCUT2D eigenvalue weighted by Crippen LogP contribution is 2.43. The molecule has 2 unspecified atom stereocenters. The Bertz CT molecular complexity index is 1610. The molecule has 0 radical (unpaired) electrons. The van der Waals surface area contributed by atoms with E-state index in [9.17, 15) is 19.0 Å². The van der Waals surface area contributed by atoms with Gasteiger partial charge in [-0.2, -0.15) is 0 Å². The number of phosphoric acid groups is 1. The van der Waals surface area contributed by atoms with Crippen molar-refractivity contribution in [3.63, 3.8) is 0 Å². The summed E-state index contributed by atoms with van der Waals surface area (Å²) < 4.78 is 33.2. The number of unbranched alkanes of at least 4 members (excludes halogenated alkanes) is 32. The van der Waals surface area contributed by atoms with Crippen LogP contribution in [0, 0.1) is 0 Å². The van der Waals surface area contributed by atoms with Gasteiger partial charge < -0.3 is 20.1 Å². The van der Waals surface area contributed by atoms with Crippen LogP contribution in [0.4, 0.5) is 0 Å². The molecule has 2 atom stereocenters. The Morgan fingerprint density at radius 1 is 0.380 bits per heavy atom. The number of phosphoric ester groups is 1. The number of esters is 2. The summed E-state index contributed by atoms with van der Waals surface area (Å²) in [6.45, 7) is 3.55. The van der Waals surface area contributed by atoms with E-state index in [-0.39, 0.29) is 38.6 Å². The number of carbonyl (C=O) groups is 2. The van der Waals surface area contributed by atoms with E-state index >= 15 is 0 Å². The first kappa shape index (κ1) is 75.9. The van der Waals surface area contributed by atoms with Crippen LogP contribution >= 0.6 is 7.82 Å². The highest BCUT2D eigenvalue weighted by atomic mass is 31.2. The van der Waals surface area contributed by atoms with Crippen molar-refractivity contribution in [2.45, 2.75) is 302 Å². The monoisotopic (exact) mass is 1120 g/mol. The molecular formula is C69H122NO8P. The number of rotatable bonds is 61. The van der Waals surface area contributed by atoms with Crippen molar-refractivity contribution in [3.05, 3.63) is 97.2 Å². The van der Waals surface area contributed by atoms with E-state index < -0.39 is 26.5 Å². The van der Waals surface area contributed by atoms with E-state index in [0.717, 1.165) is 89.9 Å². The van der Waals surface area contributed by atoms with Crippen LogP contribution < -0.4 is 5.73 Å². The highest BCUT2D eigenvalue weighted by Gasteiger charge is 2.26. The predicted octanol–water partition coefficient (Wildman–Crippen LogP) is 21.2. The van der Waals surface area contributed by atoms with Gasteiger partial charge in [-0.3, -0.25) is 18.6 Å². The number of carbonyl (C=O) groups excluding carboxylic acids is 2. The minimum absolute atomic E-state index is 0.0515. The molecule has 0 aliphatic carbocycles. The molecule has 456 valence electrons. The zero-order chi connectivity index (χ0) is 57.3. The summed E-state index contributed by atoms with van der Waals surface area (Å²) in [4.78, 5) is 35.3. The van der Waals surface area contributed by atoms with E-state index in [1.807, 2.05) is 0 Å². The van der Waals surface area contributed by atoms with Crippen LogP contribution in [-0.2, 0) is 32.7 Å². The third-order valence-corrected chi connectivity index (χ3v) is 14.9. The first-order valence-corrected chi connectivity index (χ1v) is 34.2. The molecule has 3 N–H and O–H groups in total. The lowest BCUT2D eigenvalue weighted by atomic mass is 10.0. The maximum absolute atomic E-state index is 12.8. The fraction of sp³-hybridized carbons (Fsp3) is 0.739. The second-order valence-electron chi connectivity index (χ2n) is 21.6. The maximum Gasteiger partial charge on any atom is 0.472 e. The van der Waals surface area contributed by atoms with Gasteiger partial charge in [0.15, 0.2) is 6.10 Å². The molecule has 0 aromatic heterocycles. The smallest absolute Gasteiger partial charge is 0.462 e. The zero-order valence-electron chi connectivity index (χ0n) is 51.1. The lowest BCUT2D eigenvalue weighted by Crippen LogP contribution is -2.29. The summed E-state index contributed by atoms with van der Waals surface area (Å²) in [6.07, 6.45) is 86.3. The summed E-state index contributed by atoms with van der Waals surface area (Å²) >= 11 is 0. The van der Waals surface area contributed by atoms with Gasteiger partial charge in [0.2, 0.25) is 0 Å². The Morgan fingerprint density at radius 3 is 0.975 bits per heavy atom. The summed E-state index contributed by atoms with van der Waals surface area (Å²) in [7, 11) is -4.39. The minimum Gasteiger partial charge on any atom is -0.462 e. The van der Waals surface area contributed by atoms with Crippen LogP contribution in [0.3, 0.4) is 0 Å². The number of hydrogen-bond donors (Lipinski definition) is 2. The molecule has 0 aromatic carbocycles. The number of allylic oxidation sites excluding steroid dienone is 16. The van der Waals surface area contributed by atoms with Crippen molar-refractivity contribution < 1.29 is 37.6 Å². The van der Waals surface area contributed by atoms with Gasteiger partial charge in [-0.05, 0) is 89.9 Å². The largest absolute Gasteiger partial charge is 0.472 e. The average molecular weight is 1120 g/mol. The third kappa shape index (κ3) is 64.0. The van der Waals surface area contributed by atoms with Gasteiger partial charge in [-0.25, -0.2) is 4.57 Å². The van der Waals surface area contributed by atoms with E-state index in [4.69, 9.17) is 24.3 Å². The van der Waals surface area contributed by atoms with Gasteiger partial charge in [-0.1, -0.05) is 291 Å². The topological polar surface area (TPSA) is 134 Å². The Hall–Kier alpha value is -3.07. The molecule has 0 aromatic rings. The molecule has 0 rings (SSSR count). The Balaban J connectivity index is 3.89. The number of hydrogen-bond acceptors (Lipinski definition) is 8. The molecule has 0 bridgehead atoms. The maximum atomic E-state index is 12.8. The van der Waals surface area contributed by atoms with E-state index in [2.05, 4.69) is 111 Å². The number of nitrogens with two attached hydrogens (primary N) is 1. The lowest BCUT2D eigenvalue weighted by Gasteiger charge is -2.19. The van der Waals surface area contributed by atoms with Crippen molar-refractivity contribution in [2.75, 3.05) is 26.4 Å². The van der Waals surface area contributed by atoms with Crippen LogP contribution in [0.5, 0.6) is 0 Å². The van der Waals surface area contributed by atoms with Crippen LogP contribution in [-0.4, -0.2) is 49.3 Å². The van der Waals surface area contributed by atoms with Gasteiger partial charge in [-0.15, -0.1) is 0 Å². The molecule has 10 heteroatoms. The van der Waals surface area contributed by atoms with E-state index in [0.29, 0.717) is 6.42 Å². The van der Waals surface area contributed by atoms with Gasteiger partial charge in [0.05, 0.1) is 13.2 Å². The summed E-state index contributed by atoms with van der Waals surface area (Å²) in [5.74, 6) is -0.819. The minimum atomic E-state index is -4.39. The molecule has 0 saturated carbocycles. The number of ether oxygens (including phenoxy) is 2.